The number of hydrogen-bond donors (Lipinski definition) is 3. The zero-order valence-corrected chi connectivity index (χ0v) is 14.9. The van der Waals surface area contributed by atoms with Gasteiger partial charge in [0.05, 0.1) is 30.6 Å². The first-order valence-corrected chi connectivity index (χ1v) is 8.30. The van der Waals surface area contributed by atoms with Crippen LogP contribution in [0.3, 0.4) is 0 Å². The molecule has 0 fully saturated rings. The molecule has 0 atom stereocenters. The molecule has 0 spiro atoms. The van der Waals surface area contributed by atoms with Gasteiger partial charge in [-0.2, -0.15) is 0 Å². The Labute approximate surface area is 150 Å². The molecule has 0 saturated carbocycles. The van der Waals surface area contributed by atoms with Gasteiger partial charge in [-0.25, -0.2) is 9.78 Å². The summed E-state index contributed by atoms with van der Waals surface area (Å²) in [6.45, 7) is 3.23. The lowest BCUT2D eigenvalue weighted by molar-refractivity contribution is -0.121. The Morgan fingerprint density at radius 1 is 1.31 bits per heavy atom. The number of carbonyl (C=O) groups excluding carboxylic acids is 2. The van der Waals surface area contributed by atoms with Crippen LogP contribution in [0.1, 0.15) is 12.7 Å². The molecule has 140 valence electrons. The van der Waals surface area contributed by atoms with Gasteiger partial charge in [0, 0.05) is 20.2 Å². The first kappa shape index (κ1) is 19.5. The van der Waals surface area contributed by atoms with E-state index < -0.39 is 11.9 Å². The molecule has 1 aromatic heterocycles. The lowest BCUT2D eigenvalue weighted by atomic mass is 10.2. The average Bonchev–Trinajstić information content (AvgIpc) is 2.59. The molecule has 0 saturated heterocycles. The Kier molecular flexibility index (Phi) is 7.24. The van der Waals surface area contributed by atoms with E-state index in [0.29, 0.717) is 36.4 Å². The highest BCUT2D eigenvalue weighted by Gasteiger charge is 2.15. The molecule has 0 aliphatic rings. The standard InChI is InChI=1S/C17H23N5O4/c1-3-18-17(25)21-15(23)11-22(8-9-26-2)10-14-19-13-7-5-4-6-12(13)16(24)20-14/h4-7H,3,8-11H2,1-2H3,(H,19,20,24)(H2,18,21,23,25). The number of nitrogens with one attached hydrogen (secondary N) is 3. The third kappa shape index (κ3) is 5.64. The number of ether oxygens (including phenoxy) is 1. The van der Waals surface area contributed by atoms with Crippen molar-refractivity contribution in [1.82, 2.24) is 25.5 Å². The SMILES string of the molecule is CCNC(=O)NC(=O)CN(CCOC)Cc1nc2ccccc2c(=O)[nH]1. The zero-order chi connectivity index (χ0) is 18.9. The first-order valence-electron chi connectivity index (χ1n) is 8.30. The maximum absolute atomic E-state index is 12.2. The van der Waals surface area contributed by atoms with Gasteiger partial charge >= 0.3 is 6.03 Å². The average molecular weight is 361 g/mol. The number of benzene rings is 1. The second kappa shape index (κ2) is 9.64. The van der Waals surface area contributed by atoms with Crippen LogP contribution in [0.25, 0.3) is 10.9 Å². The highest BCUT2D eigenvalue weighted by molar-refractivity contribution is 5.95. The van der Waals surface area contributed by atoms with Gasteiger partial charge in [-0.3, -0.25) is 19.8 Å². The lowest BCUT2D eigenvalue weighted by Crippen LogP contribution is -2.45. The quantitative estimate of drug-likeness (QED) is 0.619. The summed E-state index contributed by atoms with van der Waals surface area (Å²) in [4.78, 5) is 44.5. The Morgan fingerprint density at radius 3 is 2.81 bits per heavy atom. The molecule has 2 aromatic rings. The molecule has 0 radical (unpaired) electrons. The number of hydrogen-bond acceptors (Lipinski definition) is 6. The van der Waals surface area contributed by atoms with E-state index in [4.69, 9.17) is 4.74 Å². The molecule has 3 amide bonds. The molecule has 3 N–H and O–H groups in total. The number of rotatable bonds is 8. The van der Waals surface area contributed by atoms with E-state index in [0.717, 1.165) is 0 Å². The van der Waals surface area contributed by atoms with Gasteiger partial charge in [0.15, 0.2) is 0 Å². The molecule has 0 unspecified atom stereocenters. The van der Waals surface area contributed by atoms with E-state index in [1.165, 1.54) is 0 Å². The van der Waals surface area contributed by atoms with Crippen molar-refractivity contribution in [1.29, 1.82) is 0 Å². The number of imide groups is 1. The van der Waals surface area contributed by atoms with Crippen molar-refractivity contribution in [2.24, 2.45) is 0 Å². The van der Waals surface area contributed by atoms with Crippen molar-refractivity contribution in [3.8, 4) is 0 Å². The monoisotopic (exact) mass is 361 g/mol. The van der Waals surface area contributed by atoms with Crippen molar-refractivity contribution in [3.05, 3.63) is 40.4 Å². The van der Waals surface area contributed by atoms with E-state index >= 15 is 0 Å². The van der Waals surface area contributed by atoms with E-state index in [9.17, 15) is 14.4 Å². The van der Waals surface area contributed by atoms with Gasteiger partial charge in [-0.05, 0) is 19.1 Å². The number of para-hydroxylation sites is 1. The summed E-state index contributed by atoms with van der Waals surface area (Å²) in [5.74, 6) is -0.00852. The number of carbonyl (C=O) groups is 2. The van der Waals surface area contributed by atoms with Crippen LogP contribution >= 0.6 is 0 Å². The summed E-state index contributed by atoms with van der Waals surface area (Å²) >= 11 is 0. The second-order valence-electron chi connectivity index (χ2n) is 5.64. The van der Waals surface area contributed by atoms with Crippen molar-refractivity contribution in [2.45, 2.75) is 13.5 Å². The number of nitrogens with zero attached hydrogens (tertiary/aromatic N) is 2. The van der Waals surface area contributed by atoms with Crippen molar-refractivity contribution in [2.75, 3.05) is 33.4 Å². The summed E-state index contributed by atoms with van der Waals surface area (Å²) in [5.41, 5.74) is 0.355. The Morgan fingerprint density at radius 2 is 2.08 bits per heavy atom. The normalized spacial score (nSPS) is 10.9. The number of amides is 3. The van der Waals surface area contributed by atoms with Crippen molar-refractivity contribution in [3.63, 3.8) is 0 Å². The van der Waals surface area contributed by atoms with Gasteiger partial charge in [-0.15, -0.1) is 0 Å². The van der Waals surface area contributed by atoms with Crippen LogP contribution in [-0.2, 0) is 16.1 Å². The van der Waals surface area contributed by atoms with E-state index in [-0.39, 0.29) is 18.6 Å². The highest BCUT2D eigenvalue weighted by Crippen LogP contribution is 2.07. The molecule has 9 nitrogen and oxygen atoms in total. The summed E-state index contributed by atoms with van der Waals surface area (Å²) < 4.78 is 5.06. The van der Waals surface area contributed by atoms with Gasteiger partial charge in [0.2, 0.25) is 5.91 Å². The Bertz CT molecular complexity index is 820. The van der Waals surface area contributed by atoms with Crippen LogP contribution in [0.4, 0.5) is 4.79 Å². The highest BCUT2D eigenvalue weighted by atomic mass is 16.5. The first-order chi connectivity index (χ1) is 12.5. The van der Waals surface area contributed by atoms with Crippen molar-refractivity contribution >= 4 is 22.8 Å². The third-order valence-corrected chi connectivity index (χ3v) is 3.60. The zero-order valence-electron chi connectivity index (χ0n) is 14.9. The van der Waals surface area contributed by atoms with Crippen LogP contribution in [0.5, 0.6) is 0 Å². The van der Waals surface area contributed by atoms with E-state index in [2.05, 4.69) is 20.6 Å². The number of H-pyrrole nitrogens is 1. The summed E-state index contributed by atoms with van der Waals surface area (Å²) in [6, 6.07) is 6.50. The van der Waals surface area contributed by atoms with Crippen LogP contribution in [0.2, 0.25) is 0 Å². The summed E-state index contributed by atoms with van der Waals surface area (Å²) in [5, 5.41) is 5.25. The molecule has 1 aromatic carbocycles. The smallest absolute Gasteiger partial charge is 0.321 e. The van der Waals surface area contributed by atoms with Gasteiger partial charge < -0.3 is 15.0 Å². The predicted molar refractivity (Wildman–Crippen MR) is 96.7 cm³/mol. The van der Waals surface area contributed by atoms with Gasteiger partial charge in [0.25, 0.3) is 5.56 Å². The minimum atomic E-state index is -0.540. The fourth-order valence-electron chi connectivity index (χ4n) is 2.43. The molecule has 1 heterocycles. The van der Waals surface area contributed by atoms with Crippen LogP contribution in [0.15, 0.2) is 29.1 Å². The lowest BCUT2D eigenvalue weighted by Gasteiger charge is -2.20. The minimum absolute atomic E-state index is 0.0307. The van der Waals surface area contributed by atoms with Gasteiger partial charge in [-0.1, -0.05) is 12.1 Å². The topological polar surface area (TPSA) is 116 Å². The van der Waals surface area contributed by atoms with Crippen LogP contribution in [-0.4, -0.2) is 60.2 Å². The van der Waals surface area contributed by atoms with E-state index in [1.54, 1.807) is 43.2 Å². The number of methoxy groups -OCH3 is 1. The summed E-state index contributed by atoms with van der Waals surface area (Å²) in [6.07, 6.45) is 0. The van der Waals surface area contributed by atoms with Crippen molar-refractivity contribution < 1.29 is 14.3 Å². The van der Waals surface area contributed by atoms with Gasteiger partial charge in [0.1, 0.15) is 5.82 Å². The van der Waals surface area contributed by atoms with Crippen LogP contribution < -0.4 is 16.2 Å². The number of fused-ring (bicyclic) bond motifs is 1. The Balaban J connectivity index is 2.10. The molecule has 9 heteroatoms. The molecule has 2 rings (SSSR count). The van der Waals surface area contributed by atoms with E-state index in [1.807, 2.05) is 0 Å². The molecule has 0 aliphatic carbocycles. The molecular weight excluding hydrogens is 338 g/mol. The molecule has 0 aliphatic heterocycles. The molecule has 26 heavy (non-hydrogen) atoms. The molecule has 0 bridgehead atoms. The molecular formula is C17H23N5O4. The Hall–Kier alpha value is -2.78. The van der Waals surface area contributed by atoms with Crippen LogP contribution in [0, 0.1) is 0 Å². The number of urea groups is 1. The predicted octanol–water partition coefficient (Wildman–Crippen LogP) is 0.217. The maximum atomic E-state index is 12.2. The summed E-state index contributed by atoms with van der Waals surface area (Å²) in [7, 11) is 1.56. The minimum Gasteiger partial charge on any atom is -0.383 e. The largest absolute Gasteiger partial charge is 0.383 e. The fourth-order valence-corrected chi connectivity index (χ4v) is 2.43. The second-order valence-corrected chi connectivity index (χ2v) is 5.64. The maximum Gasteiger partial charge on any atom is 0.321 e. The number of aromatic amines is 1. The number of aromatic nitrogens is 2. The third-order valence-electron chi connectivity index (χ3n) is 3.60. The fraction of sp³-hybridized carbons (Fsp3) is 0.412.